The Labute approximate surface area is 102 Å². The number of rotatable bonds is 3. The van der Waals surface area contributed by atoms with Crippen LogP contribution in [0.15, 0.2) is 24.3 Å². The van der Waals surface area contributed by atoms with Gasteiger partial charge in [-0.2, -0.15) is 0 Å². The van der Waals surface area contributed by atoms with Gasteiger partial charge in [0.25, 0.3) is 0 Å². The molecule has 17 heavy (non-hydrogen) atoms. The van der Waals surface area contributed by atoms with E-state index in [4.69, 9.17) is 5.73 Å². The fourth-order valence-electron chi connectivity index (χ4n) is 2.42. The van der Waals surface area contributed by atoms with E-state index >= 15 is 0 Å². The van der Waals surface area contributed by atoms with Crippen molar-refractivity contribution >= 4 is 11.5 Å². The predicted molar refractivity (Wildman–Crippen MR) is 70.0 cm³/mol. The van der Waals surface area contributed by atoms with Crippen molar-refractivity contribution in [1.29, 1.82) is 0 Å². The van der Waals surface area contributed by atoms with Crippen LogP contribution in [0.5, 0.6) is 0 Å². The number of para-hydroxylation sites is 1. The molecule has 1 aromatic rings. The van der Waals surface area contributed by atoms with Gasteiger partial charge in [-0.15, -0.1) is 0 Å². The van der Waals surface area contributed by atoms with Crippen LogP contribution in [0, 0.1) is 5.92 Å². The van der Waals surface area contributed by atoms with E-state index in [-0.39, 0.29) is 5.78 Å². The summed E-state index contributed by atoms with van der Waals surface area (Å²) in [6.07, 6.45) is 4.04. The average Bonchev–Trinajstić information content (AvgIpc) is 2.58. The first-order chi connectivity index (χ1) is 8.27. The maximum absolute atomic E-state index is 12.1. The summed E-state index contributed by atoms with van der Waals surface area (Å²) in [6.45, 7) is 2.11. The van der Waals surface area contributed by atoms with Crippen molar-refractivity contribution in [2.45, 2.75) is 25.7 Å². The maximum Gasteiger partial charge on any atom is 0.165 e. The Morgan fingerprint density at radius 2 is 2.12 bits per heavy atom. The second-order valence-corrected chi connectivity index (χ2v) is 4.76. The first-order valence-electron chi connectivity index (χ1n) is 6.36. The van der Waals surface area contributed by atoms with Gasteiger partial charge in [0.15, 0.2) is 5.78 Å². The van der Waals surface area contributed by atoms with Gasteiger partial charge in [0.1, 0.15) is 0 Å². The van der Waals surface area contributed by atoms with Crippen LogP contribution in [0.2, 0.25) is 0 Å². The molecule has 1 aromatic carbocycles. The molecular formula is C14H20N2O. The molecule has 1 aliphatic heterocycles. The summed E-state index contributed by atoms with van der Waals surface area (Å²) in [5, 5.41) is 3.37. The summed E-state index contributed by atoms with van der Waals surface area (Å²) in [5.74, 6) is 0.701. The van der Waals surface area contributed by atoms with E-state index in [1.807, 2.05) is 18.2 Å². The highest BCUT2D eigenvalue weighted by Gasteiger charge is 2.17. The highest BCUT2D eigenvalue weighted by Crippen LogP contribution is 2.22. The molecule has 92 valence electrons. The predicted octanol–water partition coefficient (Wildman–Crippen LogP) is 2.23. The molecule has 0 radical (unpaired) electrons. The minimum atomic E-state index is 0.190. The summed E-state index contributed by atoms with van der Waals surface area (Å²) in [4.78, 5) is 12.1. The SMILES string of the molecule is Nc1ccccc1C(=O)CC1CCCNCC1. The quantitative estimate of drug-likeness (QED) is 0.620. The molecule has 0 aromatic heterocycles. The van der Waals surface area contributed by atoms with Gasteiger partial charge >= 0.3 is 0 Å². The number of anilines is 1. The second kappa shape index (κ2) is 5.82. The second-order valence-electron chi connectivity index (χ2n) is 4.76. The smallest absolute Gasteiger partial charge is 0.165 e. The van der Waals surface area contributed by atoms with Gasteiger partial charge in [0.05, 0.1) is 0 Å². The summed E-state index contributed by atoms with van der Waals surface area (Å²) >= 11 is 0. The van der Waals surface area contributed by atoms with Gasteiger partial charge in [0, 0.05) is 17.7 Å². The van der Waals surface area contributed by atoms with Gasteiger partial charge in [0.2, 0.25) is 0 Å². The third kappa shape index (κ3) is 3.30. The van der Waals surface area contributed by atoms with E-state index in [0.29, 0.717) is 23.6 Å². The molecule has 0 amide bonds. The van der Waals surface area contributed by atoms with Crippen molar-refractivity contribution < 1.29 is 4.79 Å². The van der Waals surface area contributed by atoms with Crippen LogP contribution in [0.25, 0.3) is 0 Å². The highest BCUT2D eigenvalue weighted by atomic mass is 16.1. The Morgan fingerprint density at radius 3 is 2.94 bits per heavy atom. The van der Waals surface area contributed by atoms with Gasteiger partial charge in [-0.25, -0.2) is 0 Å². The number of hydrogen-bond donors (Lipinski definition) is 2. The molecule has 0 aliphatic carbocycles. The van der Waals surface area contributed by atoms with Crippen LogP contribution >= 0.6 is 0 Å². The van der Waals surface area contributed by atoms with Crippen molar-refractivity contribution in [1.82, 2.24) is 5.32 Å². The summed E-state index contributed by atoms with van der Waals surface area (Å²) < 4.78 is 0. The first kappa shape index (κ1) is 12.1. The fourth-order valence-corrected chi connectivity index (χ4v) is 2.42. The van der Waals surface area contributed by atoms with Crippen LogP contribution in [0.3, 0.4) is 0 Å². The standard InChI is InChI=1S/C14H20N2O/c15-13-6-2-1-5-12(13)14(17)10-11-4-3-8-16-9-7-11/h1-2,5-6,11,16H,3-4,7-10,15H2. The number of nitrogens with one attached hydrogen (secondary N) is 1. The molecule has 1 heterocycles. The summed E-state index contributed by atoms with van der Waals surface area (Å²) in [5.41, 5.74) is 7.11. The molecule has 1 unspecified atom stereocenters. The maximum atomic E-state index is 12.1. The van der Waals surface area contributed by atoms with E-state index in [1.54, 1.807) is 6.07 Å². The lowest BCUT2D eigenvalue weighted by Gasteiger charge is -2.13. The number of Topliss-reactive ketones (excluding diaryl/α,β-unsaturated/α-hetero) is 1. The molecule has 2 rings (SSSR count). The third-order valence-electron chi connectivity index (χ3n) is 3.43. The zero-order valence-corrected chi connectivity index (χ0v) is 10.1. The van der Waals surface area contributed by atoms with Crippen LogP contribution in [0.1, 0.15) is 36.0 Å². The van der Waals surface area contributed by atoms with Crippen LogP contribution < -0.4 is 11.1 Å². The zero-order valence-electron chi connectivity index (χ0n) is 10.1. The molecule has 0 saturated carbocycles. The molecule has 1 saturated heterocycles. The van der Waals surface area contributed by atoms with Crippen molar-refractivity contribution in [2.75, 3.05) is 18.8 Å². The van der Waals surface area contributed by atoms with Crippen molar-refractivity contribution in [3.63, 3.8) is 0 Å². The lowest BCUT2D eigenvalue weighted by molar-refractivity contribution is 0.0958. The van der Waals surface area contributed by atoms with Crippen LogP contribution in [0.4, 0.5) is 5.69 Å². The van der Waals surface area contributed by atoms with Gasteiger partial charge in [-0.05, 0) is 50.4 Å². The molecule has 1 fully saturated rings. The fraction of sp³-hybridized carbons (Fsp3) is 0.500. The number of nitrogens with two attached hydrogens (primary N) is 1. The lowest BCUT2D eigenvalue weighted by atomic mass is 9.92. The molecule has 1 aliphatic rings. The normalized spacial score (nSPS) is 20.8. The molecule has 3 N–H and O–H groups in total. The molecular weight excluding hydrogens is 212 g/mol. The topological polar surface area (TPSA) is 55.1 Å². The highest BCUT2D eigenvalue weighted by molar-refractivity contribution is 6.00. The van der Waals surface area contributed by atoms with E-state index in [9.17, 15) is 4.79 Å². The van der Waals surface area contributed by atoms with E-state index < -0.39 is 0 Å². The van der Waals surface area contributed by atoms with Crippen molar-refractivity contribution in [3.05, 3.63) is 29.8 Å². The largest absolute Gasteiger partial charge is 0.398 e. The van der Waals surface area contributed by atoms with E-state index in [1.165, 1.54) is 6.42 Å². The van der Waals surface area contributed by atoms with Gasteiger partial charge < -0.3 is 11.1 Å². The number of nitrogen functional groups attached to an aromatic ring is 1. The number of carbonyl (C=O) groups excluding carboxylic acids is 1. The van der Waals surface area contributed by atoms with Crippen molar-refractivity contribution in [3.8, 4) is 0 Å². The summed E-state index contributed by atoms with van der Waals surface area (Å²) in [7, 11) is 0. The zero-order chi connectivity index (χ0) is 12.1. The third-order valence-corrected chi connectivity index (χ3v) is 3.43. The van der Waals surface area contributed by atoms with Crippen LogP contribution in [-0.2, 0) is 0 Å². The Balaban J connectivity index is 1.98. The van der Waals surface area contributed by atoms with Gasteiger partial charge in [-0.1, -0.05) is 12.1 Å². The lowest BCUT2D eigenvalue weighted by Crippen LogP contribution is -2.15. The molecule has 1 atom stereocenters. The molecule has 3 heteroatoms. The Morgan fingerprint density at radius 1 is 1.29 bits per heavy atom. The molecule has 0 bridgehead atoms. The van der Waals surface area contributed by atoms with Gasteiger partial charge in [-0.3, -0.25) is 4.79 Å². The van der Waals surface area contributed by atoms with Crippen molar-refractivity contribution in [2.24, 2.45) is 5.92 Å². The summed E-state index contributed by atoms with van der Waals surface area (Å²) in [6, 6.07) is 7.36. The molecule has 3 nitrogen and oxygen atoms in total. The Hall–Kier alpha value is -1.35. The number of benzene rings is 1. The number of hydrogen-bond acceptors (Lipinski definition) is 3. The number of carbonyl (C=O) groups is 1. The first-order valence-corrected chi connectivity index (χ1v) is 6.36. The Bertz CT molecular complexity index is 382. The molecule has 0 spiro atoms. The average molecular weight is 232 g/mol. The monoisotopic (exact) mass is 232 g/mol. The minimum absolute atomic E-state index is 0.190. The van der Waals surface area contributed by atoms with E-state index in [2.05, 4.69) is 5.32 Å². The minimum Gasteiger partial charge on any atom is -0.398 e. The van der Waals surface area contributed by atoms with E-state index in [0.717, 1.165) is 25.9 Å². The Kier molecular flexibility index (Phi) is 4.15. The number of ketones is 1. The van der Waals surface area contributed by atoms with Crippen LogP contribution in [-0.4, -0.2) is 18.9 Å².